The molecule has 3 aromatic rings. The molecule has 1 N–H and O–H groups in total. The van der Waals surface area contributed by atoms with Crippen LogP contribution in [0.5, 0.6) is 0 Å². The predicted octanol–water partition coefficient (Wildman–Crippen LogP) is 3.48. The van der Waals surface area contributed by atoms with Gasteiger partial charge in [-0.15, -0.1) is 0 Å². The fraction of sp³-hybridized carbons (Fsp3) is 0.0909. The summed E-state index contributed by atoms with van der Waals surface area (Å²) in [7, 11) is 0. The van der Waals surface area contributed by atoms with Gasteiger partial charge in [0, 0.05) is 12.1 Å². The summed E-state index contributed by atoms with van der Waals surface area (Å²) < 4.78 is 21.3. The van der Waals surface area contributed by atoms with Gasteiger partial charge in [-0.3, -0.25) is 0 Å². The van der Waals surface area contributed by atoms with E-state index in [1.165, 1.54) is 12.3 Å². The molecule has 18 heavy (non-hydrogen) atoms. The molecule has 0 unspecified atom stereocenters. The van der Waals surface area contributed by atoms with Crippen molar-refractivity contribution in [1.82, 2.24) is 14.7 Å². The maximum absolute atomic E-state index is 13.6. The fourth-order valence-corrected chi connectivity index (χ4v) is 2.53. The minimum Gasteiger partial charge on any atom is -0.364 e. The largest absolute Gasteiger partial charge is 0.364 e. The van der Waals surface area contributed by atoms with Crippen LogP contribution < -0.4 is 0 Å². The van der Waals surface area contributed by atoms with Crippen LogP contribution in [0.2, 0.25) is 0 Å². The average Bonchev–Trinajstić information content (AvgIpc) is 2.92. The SMILES string of the molecule is Fc1cc2c(cc1I)[nH]c(=S)n2Cc1ccon1. The van der Waals surface area contributed by atoms with E-state index < -0.39 is 0 Å². The van der Waals surface area contributed by atoms with Crippen LogP contribution >= 0.6 is 34.8 Å². The van der Waals surface area contributed by atoms with Crippen LogP contribution in [-0.2, 0) is 6.54 Å². The molecule has 0 fully saturated rings. The highest BCUT2D eigenvalue weighted by molar-refractivity contribution is 14.1. The minimum atomic E-state index is -0.258. The van der Waals surface area contributed by atoms with Crippen LogP contribution in [0.25, 0.3) is 11.0 Å². The van der Waals surface area contributed by atoms with Gasteiger partial charge in [0.25, 0.3) is 0 Å². The van der Waals surface area contributed by atoms with Gasteiger partial charge < -0.3 is 14.1 Å². The van der Waals surface area contributed by atoms with Crippen molar-refractivity contribution >= 4 is 45.8 Å². The van der Waals surface area contributed by atoms with E-state index in [1.54, 1.807) is 16.7 Å². The molecule has 0 saturated carbocycles. The molecule has 7 heteroatoms. The molecule has 3 rings (SSSR count). The average molecular weight is 375 g/mol. The first-order valence-electron chi connectivity index (χ1n) is 5.12. The molecular formula is C11H7FIN3OS. The lowest BCUT2D eigenvalue weighted by Crippen LogP contribution is -2.00. The van der Waals surface area contributed by atoms with Gasteiger partial charge in [-0.05, 0) is 40.9 Å². The molecule has 0 atom stereocenters. The number of fused-ring (bicyclic) bond motifs is 1. The summed E-state index contributed by atoms with van der Waals surface area (Å²) in [5.74, 6) is -0.258. The number of rotatable bonds is 2. The van der Waals surface area contributed by atoms with Crippen molar-refractivity contribution in [2.75, 3.05) is 0 Å². The van der Waals surface area contributed by atoms with E-state index >= 15 is 0 Å². The summed E-state index contributed by atoms with van der Waals surface area (Å²) in [5, 5.41) is 3.83. The van der Waals surface area contributed by atoms with E-state index in [1.807, 2.05) is 22.6 Å². The first-order chi connectivity index (χ1) is 8.65. The molecule has 0 aliphatic heterocycles. The Labute approximate surface area is 120 Å². The number of halogens is 2. The van der Waals surface area contributed by atoms with E-state index in [0.717, 1.165) is 16.7 Å². The second-order valence-electron chi connectivity index (χ2n) is 3.79. The van der Waals surface area contributed by atoms with Crippen molar-refractivity contribution in [3.8, 4) is 0 Å². The highest BCUT2D eigenvalue weighted by Gasteiger charge is 2.10. The number of hydrogen-bond donors (Lipinski definition) is 1. The van der Waals surface area contributed by atoms with Gasteiger partial charge in [0.1, 0.15) is 17.8 Å². The molecule has 0 radical (unpaired) electrons. The second-order valence-corrected chi connectivity index (χ2v) is 5.34. The second kappa shape index (κ2) is 4.47. The number of benzene rings is 1. The zero-order valence-electron chi connectivity index (χ0n) is 8.98. The maximum Gasteiger partial charge on any atom is 0.178 e. The smallest absolute Gasteiger partial charge is 0.178 e. The number of hydrogen-bond acceptors (Lipinski definition) is 3. The third kappa shape index (κ3) is 1.97. The molecule has 2 heterocycles. The molecule has 1 aromatic carbocycles. The summed E-state index contributed by atoms with van der Waals surface area (Å²) in [6, 6.07) is 4.97. The summed E-state index contributed by atoms with van der Waals surface area (Å²) in [6.45, 7) is 0.454. The van der Waals surface area contributed by atoms with Gasteiger partial charge in [-0.2, -0.15) is 0 Å². The molecule has 92 valence electrons. The summed E-state index contributed by atoms with van der Waals surface area (Å²) in [4.78, 5) is 3.06. The maximum atomic E-state index is 13.6. The number of nitrogens with zero attached hydrogens (tertiary/aromatic N) is 2. The van der Waals surface area contributed by atoms with Crippen LogP contribution in [-0.4, -0.2) is 14.7 Å². The zero-order valence-corrected chi connectivity index (χ0v) is 12.0. The Morgan fingerprint density at radius 1 is 1.50 bits per heavy atom. The van der Waals surface area contributed by atoms with Gasteiger partial charge in [0.05, 0.1) is 21.1 Å². The van der Waals surface area contributed by atoms with Crippen LogP contribution in [0.15, 0.2) is 29.0 Å². The van der Waals surface area contributed by atoms with Crippen molar-refractivity contribution in [1.29, 1.82) is 0 Å². The van der Waals surface area contributed by atoms with E-state index in [-0.39, 0.29) is 5.82 Å². The van der Waals surface area contributed by atoms with E-state index in [2.05, 4.69) is 10.1 Å². The Bertz CT molecular complexity index is 763. The molecule has 0 aliphatic rings. The van der Waals surface area contributed by atoms with Crippen LogP contribution in [0, 0.1) is 14.2 Å². The zero-order chi connectivity index (χ0) is 12.7. The number of aromatic amines is 1. The van der Waals surface area contributed by atoms with Crippen molar-refractivity contribution in [2.45, 2.75) is 6.54 Å². The van der Waals surface area contributed by atoms with Crippen LogP contribution in [0.1, 0.15) is 5.69 Å². The molecule has 2 aromatic heterocycles. The molecule has 0 spiro atoms. The first-order valence-corrected chi connectivity index (χ1v) is 6.60. The Morgan fingerprint density at radius 2 is 2.33 bits per heavy atom. The monoisotopic (exact) mass is 375 g/mol. The molecular weight excluding hydrogens is 368 g/mol. The van der Waals surface area contributed by atoms with Gasteiger partial charge >= 0.3 is 0 Å². The number of imidazole rings is 1. The van der Waals surface area contributed by atoms with Crippen LogP contribution in [0.3, 0.4) is 0 Å². The van der Waals surface area contributed by atoms with Gasteiger partial charge in [-0.1, -0.05) is 5.16 Å². The topological polar surface area (TPSA) is 46.8 Å². The van der Waals surface area contributed by atoms with Crippen molar-refractivity contribution < 1.29 is 8.91 Å². The van der Waals surface area contributed by atoms with E-state index in [0.29, 0.717) is 14.9 Å². The number of nitrogens with one attached hydrogen (secondary N) is 1. The van der Waals surface area contributed by atoms with Gasteiger partial charge in [0.2, 0.25) is 0 Å². The Morgan fingerprint density at radius 3 is 3.06 bits per heavy atom. The lowest BCUT2D eigenvalue weighted by atomic mass is 10.3. The Kier molecular flexibility index (Phi) is 2.94. The molecule has 0 aliphatic carbocycles. The summed E-state index contributed by atoms with van der Waals surface area (Å²) in [5.41, 5.74) is 2.28. The van der Waals surface area contributed by atoms with Crippen molar-refractivity contribution in [3.63, 3.8) is 0 Å². The summed E-state index contributed by atoms with van der Waals surface area (Å²) >= 11 is 7.19. The fourth-order valence-electron chi connectivity index (χ4n) is 1.79. The molecule has 0 amide bonds. The molecule has 0 bridgehead atoms. The molecule has 0 saturated heterocycles. The minimum absolute atomic E-state index is 0.258. The normalized spacial score (nSPS) is 11.2. The lowest BCUT2D eigenvalue weighted by Gasteiger charge is -2.02. The van der Waals surface area contributed by atoms with E-state index in [9.17, 15) is 4.39 Å². The van der Waals surface area contributed by atoms with Crippen molar-refractivity contribution in [2.24, 2.45) is 0 Å². The number of aromatic nitrogens is 3. The van der Waals surface area contributed by atoms with Crippen molar-refractivity contribution in [3.05, 3.63) is 44.3 Å². The molecule has 4 nitrogen and oxygen atoms in total. The Hall–Kier alpha value is -1.22. The number of H-pyrrole nitrogens is 1. The predicted molar refractivity (Wildman–Crippen MR) is 75.4 cm³/mol. The van der Waals surface area contributed by atoms with Gasteiger partial charge in [0.15, 0.2) is 4.77 Å². The third-order valence-electron chi connectivity index (χ3n) is 2.63. The highest BCUT2D eigenvalue weighted by atomic mass is 127. The van der Waals surface area contributed by atoms with Crippen LogP contribution in [0.4, 0.5) is 4.39 Å². The Balaban J connectivity index is 2.19. The van der Waals surface area contributed by atoms with Gasteiger partial charge in [-0.25, -0.2) is 4.39 Å². The lowest BCUT2D eigenvalue weighted by molar-refractivity contribution is 0.410. The standard InChI is InChI=1S/C11H7FIN3OS/c12-7-3-10-9(4-8(7)13)14-11(18)16(10)5-6-1-2-17-15-6/h1-4H,5H2,(H,14,18). The quantitative estimate of drug-likeness (QED) is 0.551. The third-order valence-corrected chi connectivity index (χ3v) is 3.78. The highest BCUT2D eigenvalue weighted by Crippen LogP contribution is 2.21. The first kappa shape index (κ1) is 11.8. The van der Waals surface area contributed by atoms with E-state index in [4.69, 9.17) is 16.7 Å². The summed E-state index contributed by atoms with van der Waals surface area (Å²) in [6.07, 6.45) is 1.50.